The zero-order valence-electron chi connectivity index (χ0n) is 13.9. The van der Waals surface area contributed by atoms with E-state index in [0.29, 0.717) is 23.8 Å². The van der Waals surface area contributed by atoms with Crippen LogP contribution in [0.25, 0.3) is 11.3 Å². The highest BCUT2D eigenvalue weighted by Gasteiger charge is 2.25. The Hall–Kier alpha value is -2.41. The molecule has 1 aliphatic rings. The van der Waals surface area contributed by atoms with Crippen molar-refractivity contribution in [2.24, 2.45) is 0 Å². The van der Waals surface area contributed by atoms with Gasteiger partial charge in [-0.25, -0.2) is 4.98 Å². The minimum Gasteiger partial charge on any atom is -0.482 e. The number of hydrogen-bond acceptors (Lipinski definition) is 5. The summed E-state index contributed by atoms with van der Waals surface area (Å²) in [5.41, 5.74) is 2.47. The van der Waals surface area contributed by atoms with Crippen LogP contribution >= 0.6 is 11.3 Å². The zero-order valence-corrected chi connectivity index (χ0v) is 14.7. The summed E-state index contributed by atoms with van der Waals surface area (Å²) in [6.07, 6.45) is 0.414. The van der Waals surface area contributed by atoms with Crippen LogP contribution in [0, 0.1) is 6.92 Å². The molecule has 0 radical (unpaired) electrons. The third-order valence-electron chi connectivity index (χ3n) is 3.86. The highest BCUT2D eigenvalue weighted by Crippen LogP contribution is 2.38. The number of aromatic nitrogens is 1. The molecule has 0 spiro atoms. The van der Waals surface area contributed by atoms with Crippen LogP contribution in [0.4, 0.5) is 10.8 Å². The number of benzene rings is 1. The lowest BCUT2D eigenvalue weighted by Crippen LogP contribution is -2.38. The van der Waals surface area contributed by atoms with E-state index in [2.05, 4.69) is 10.3 Å². The lowest BCUT2D eigenvalue weighted by atomic mass is 10.1. The van der Waals surface area contributed by atoms with Crippen LogP contribution in [0.5, 0.6) is 5.75 Å². The number of anilines is 2. The monoisotopic (exact) mass is 345 g/mol. The van der Waals surface area contributed by atoms with E-state index < -0.39 is 0 Å². The normalized spacial score (nSPS) is 13.5. The maximum atomic E-state index is 12.0. The second-order valence-electron chi connectivity index (χ2n) is 5.43. The SMILES string of the molecule is CCC(=O)Nc1nc(-c2ccc3c(c2)N(CC)C(=O)CO3)c(C)s1. The molecule has 0 atom stereocenters. The minimum absolute atomic E-state index is 0.0481. The van der Waals surface area contributed by atoms with Gasteiger partial charge in [-0.05, 0) is 32.0 Å². The number of rotatable bonds is 4. The predicted octanol–water partition coefficient (Wildman–Crippen LogP) is 3.21. The van der Waals surface area contributed by atoms with Gasteiger partial charge in [-0.3, -0.25) is 9.59 Å². The molecule has 6 nitrogen and oxygen atoms in total. The number of aryl methyl sites for hydroxylation is 1. The summed E-state index contributed by atoms with van der Waals surface area (Å²) in [4.78, 5) is 30.8. The number of nitrogens with one attached hydrogen (secondary N) is 1. The van der Waals surface area contributed by atoms with Crippen LogP contribution in [-0.4, -0.2) is 29.9 Å². The summed E-state index contributed by atoms with van der Waals surface area (Å²) in [5.74, 6) is 0.595. The lowest BCUT2D eigenvalue weighted by Gasteiger charge is -2.28. The van der Waals surface area contributed by atoms with E-state index in [9.17, 15) is 9.59 Å². The fourth-order valence-electron chi connectivity index (χ4n) is 2.62. The number of carbonyl (C=O) groups is 2. The number of fused-ring (bicyclic) bond motifs is 1. The Labute approximate surface area is 144 Å². The molecule has 0 unspecified atom stereocenters. The minimum atomic E-state index is -0.0584. The van der Waals surface area contributed by atoms with Crippen LogP contribution < -0.4 is 15.0 Å². The van der Waals surface area contributed by atoms with E-state index in [1.54, 1.807) is 11.8 Å². The van der Waals surface area contributed by atoms with Gasteiger partial charge in [0.25, 0.3) is 5.91 Å². The largest absolute Gasteiger partial charge is 0.482 e. The van der Waals surface area contributed by atoms with Crippen molar-refractivity contribution in [3.63, 3.8) is 0 Å². The molecule has 0 fully saturated rings. The fourth-order valence-corrected chi connectivity index (χ4v) is 3.47. The van der Waals surface area contributed by atoms with Crippen molar-refractivity contribution in [2.45, 2.75) is 27.2 Å². The van der Waals surface area contributed by atoms with E-state index in [1.165, 1.54) is 11.3 Å². The average Bonchev–Trinajstić information content (AvgIpc) is 2.94. The molecule has 2 amide bonds. The van der Waals surface area contributed by atoms with Gasteiger partial charge in [0.1, 0.15) is 5.75 Å². The fraction of sp³-hybridized carbons (Fsp3) is 0.353. The molecular weight excluding hydrogens is 326 g/mol. The topological polar surface area (TPSA) is 71.5 Å². The molecule has 0 bridgehead atoms. The second-order valence-corrected chi connectivity index (χ2v) is 6.64. The Kier molecular flexibility index (Phi) is 4.53. The molecule has 0 saturated carbocycles. The highest BCUT2D eigenvalue weighted by molar-refractivity contribution is 7.16. The summed E-state index contributed by atoms with van der Waals surface area (Å²) in [7, 11) is 0. The van der Waals surface area contributed by atoms with Crippen molar-refractivity contribution in [2.75, 3.05) is 23.4 Å². The lowest BCUT2D eigenvalue weighted by molar-refractivity contribution is -0.121. The van der Waals surface area contributed by atoms with Crippen molar-refractivity contribution in [3.8, 4) is 17.0 Å². The van der Waals surface area contributed by atoms with E-state index in [4.69, 9.17) is 4.74 Å². The highest BCUT2D eigenvalue weighted by atomic mass is 32.1. The van der Waals surface area contributed by atoms with E-state index in [-0.39, 0.29) is 18.4 Å². The molecule has 0 aliphatic carbocycles. The molecule has 24 heavy (non-hydrogen) atoms. The van der Waals surface area contributed by atoms with E-state index in [1.807, 2.05) is 32.0 Å². The number of nitrogens with zero attached hydrogens (tertiary/aromatic N) is 2. The van der Waals surface area contributed by atoms with Crippen molar-refractivity contribution in [1.29, 1.82) is 0 Å². The molecule has 0 saturated heterocycles. The number of amides is 2. The summed E-state index contributed by atoms with van der Waals surface area (Å²) in [6, 6.07) is 5.71. The van der Waals surface area contributed by atoms with E-state index in [0.717, 1.165) is 21.8 Å². The Morgan fingerprint density at radius 2 is 2.21 bits per heavy atom. The van der Waals surface area contributed by atoms with Gasteiger partial charge in [0.2, 0.25) is 5.91 Å². The molecule has 126 valence electrons. The van der Waals surface area contributed by atoms with Gasteiger partial charge in [0.05, 0.1) is 11.4 Å². The number of carbonyl (C=O) groups excluding carboxylic acids is 2. The van der Waals surface area contributed by atoms with Gasteiger partial charge in [-0.2, -0.15) is 0 Å². The van der Waals surface area contributed by atoms with Crippen molar-refractivity contribution < 1.29 is 14.3 Å². The molecule has 1 aromatic carbocycles. The van der Waals surface area contributed by atoms with Crippen LogP contribution in [0.15, 0.2) is 18.2 Å². The Bertz CT molecular complexity index is 800. The zero-order chi connectivity index (χ0) is 17.3. The number of ether oxygens (including phenoxy) is 1. The second kappa shape index (κ2) is 6.60. The molecule has 2 heterocycles. The van der Waals surface area contributed by atoms with Gasteiger partial charge in [0.15, 0.2) is 11.7 Å². The maximum absolute atomic E-state index is 12.0. The average molecular weight is 345 g/mol. The molecule has 1 N–H and O–H groups in total. The third kappa shape index (κ3) is 2.99. The summed E-state index contributed by atoms with van der Waals surface area (Å²) >= 11 is 1.44. The van der Waals surface area contributed by atoms with Crippen molar-refractivity contribution >= 4 is 34.0 Å². The smallest absolute Gasteiger partial charge is 0.265 e. The van der Waals surface area contributed by atoms with Gasteiger partial charge < -0.3 is 15.0 Å². The van der Waals surface area contributed by atoms with Gasteiger partial charge in [0, 0.05) is 23.4 Å². The van der Waals surface area contributed by atoms with Crippen molar-refractivity contribution in [3.05, 3.63) is 23.1 Å². The summed E-state index contributed by atoms with van der Waals surface area (Å²) in [6.45, 7) is 6.37. The third-order valence-corrected chi connectivity index (χ3v) is 4.74. The van der Waals surface area contributed by atoms with Crippen LogP contribution in [0.3, 0.4) is 0 Å². The molecular formula is C17H19N3O3S. The Morgan fingerprint density at radius 3 is 2.92 bits per heavy atom. The van der Waals surface area contributed by atoms with E-state index >= 15 is 0 Å². The molecule has 3 rings (SSSR count). The molecule has 1 aromatic heterocycles. The predicted molar refractivity (Wildman–Crippen MR) is 94.7 cm³/mol. The quantitative estimate of drug-likeness (QED) is 0.923. The first-order valence-corrected chi connectivity index (χ1v) is 8.70. The molecule has 1 aliphatic heterocycles. The first kappa shape index (κ1) is 16.4. The van der Waals surface area contributed by atoms with Gasteiger partial charge in [-0.15, -0.1) is 11.3 Å². The number of hydrogen-bond donors (Lipinski definition) is 1. The van der Waals surface area contributed by atoms with Crippen molar-refractivity contribution in [1.82, 2.24) is 4.98 Å². The van der Waals surface area contributed by atoms with Crippen LogP contribution in [0.1, 0.15) is 25.1 Å². The number of likely N-dealkylation sites (N-methyl/N-ethyl adjacent to an activating group) is 1. The van der Waals surface area contributed by atoms with Crippen LogP contribution in [0.2, 0.25) is 0 Å². The molecule has 7 heteroatoms. The Morgan fingerprint density at radius 1 is 1.42 bits per heavy atom. The van der Waals surface area contributed by atoms with Crippen LogP contribution in [-0.2, 0) is 9.59 Å². The molecule has 2 aromatic rings. The standard InChI is InChI=1S/C17H19N3O3S/c1-4-14(21)18-17-19-16(10(3)24-17)11-6-7-13-12(8-11)20(5-2)15(22)9-23-13/h6-8H,4-5,9H2,1-3H3,(H,18,19,21). The van der Waals surface area contributed by atoms with Gasteiger partial charge in [-0.1, -0.05) is 6.92 Å². The van der Waals surface area contributed by atoms with Gasteiger partial charge >= 0.3 is 0 Å². The number of thiazole rings is 1. The summed E-state index contributed by atoms with van der Waals surface area (Å²) < 4.78 is 5.50. The first-order valence-electron chi connectivity index (χ1n) is 7.88. The summed E-state index contributed by atoms with van der Waals surface area (Å²) in [5, 5.41) is 3.38. The first-order chi connectivity index (χ1) is 11.5. The Balaban J connectivity index is 1.98. The maximum Gasteiger partial charge on any atom is 0.265 e.